The van der Waals surface area contributed by atoms with Gasteiger partial charge in [0.05, 0.1) is 5.69 Å². The maximum atomic E-state index is 13.1. The number of aromatic nitrogens is 1. The lowest BCUT2D eigenvalue weighted by atomic mass is 10.2. The van der Waals surface area contributed by atoms with E-state index in [2.05, 4.69) is 20.9 Å². The van der Waals surface area contributed by atoms with Crippen LogP contribution < -0.4 is 0 Å². The monoisotopic (exact) mass is 229 g/mol. The lowest BCUT2D eigenvalue weighted by Crippen LogP contribution is -1.93. The molecule has 0 bridgehead atoms. The molecule has 64 valence electrons. The third-order valence-corrected chi connectivity index (χ3v) is 2.64. The number of hydrogen-bond donors (Lipinski definition) is 0. The molecule has 0 saturated heterocycles. The van der Waals surface area contributed by atoms with E-state index in [1.165, 1.54) is 12.8 Å². The van der Waals surface area contributed by atoms with E-state index in [1.54, 1.807) is 12.3 Å². The first kappa shape index (κ1) is 8.17. The maximum absolute atomic E-state index is 13.1. The van der Waals surface area contributed by atoms with Crippen molar-refractivity contribution >= 4 is 15.9 Å². The summed E-state index contributed by atoms with van der Waals surface area (Å²) in [6.45, 7) is 0. The standard InChI is InChI=1S/C9H9BrFN/c10-4-9-8(11)3-7(5-12-9)6-1-2-6/h3,5-6H,1-2,4H2. The molecular formula is C9H9BrFN. The van der Waals surface area contributed by atoms with E-state index in [-0.39, 0.29) is 5.82 Å². The van der Waals surface area contributed by atoms with Crippen molar-refractivity contribution in [1.29, 1.82) is 0 Å². The summed E-state index contributed by atoms with van der Waals surface area (Å²) in [6.07, 6.45) is 4.17. The Balaban J connectivity index is 2.30. The summed E-state index contributed by atoms with van der Waals surface area (Å²) in [4.78, 5) is 4.04. The Bertz CT molecular complexity index is 297. The highest BCUT2D eigenvalue weighted by Crippen LogP contribution is 2.39. The van der Waals surface area contributed by atoms with E-state index >= 15 is 0 Å². The van der Waals surface area contributed by atoms with Gasteiger partial charge in [-0.1, -0.05) is 15.9 Å². The minimum absolute atomic E-state index is 0.184. The summed E-state index contributed by atoms with van der Waals surface area (Å²) in [5.74, 6) is 0.396. The van der Waals surface area contributed by atoms with Crippen LogP contribution in [0.1, 0.15) is 30.0 Å². The van der Waals surface area contributed by atoms with Gasteiger partial charge in [0.15, 0.2) is 0 Å². The lowest BCUT2D eigenvalue weighted by Gasteiger charge is -2.00. The van der Waals surface area contributed by atoms with Gasteiger partial charge in [0, 0.05) is 11.5 Å². The number of pyridine rings is 1. The molecule has 1 aromatic rings. The molecule has 0 atom stereocenters. The molecule has 1 aliphatic carbocycles. The van der Waals surface area contributed by atoms with Gasteiger partial charge in [0.2, 0.25) is 0 Å². The molecule has 1 aromatic heterocycles. The van der Waals surface area contributed by atoms with E-state index in [0.29, 0.717) is 16.9 Å². The van der Waals surface area contributed by atoms with Crippen LogP contribution >= 0.6 is 15.9 Å². The maximum Gasteiger partial charge on any atom is 0.145 e. The van der Waals surface area contributed by atoms with Gasteiger partial charge in [-0.05, 0) is 30.4 Å². The second-order valence-corrected chi connectivity index (χ2v) is 3.67. The number of halogens is 2. The first-order valence-corrected chi connectivity index (χ1v) is 5.13. The van der Waals surface area contributed by atoms with Gasteiger partial charge in [0.25, 0.3) is 0 Å². The number of hydrogen-bond acceptors (Lipinski definition) is 1. The van der Waals surface area contributed by atoms with Gasteiger partial charge < -0.3 is 0 Å². The van der Waals surface area contributed by atoms with Gasteiger partial charge >= 0.3 is 0 Å². The molecule has 0 amide bonds. The average molecular weight is 230 g/mol. The highest BCUT2D eigenvalue weighted by molar-refractivity contribution is 9.08. The Kier molecular flexibility index (Phi) is 2.13. The van der Waals surface area contributed by atoms with Crippen LogP contribution in [0.2, 0.25) is 0 Å². The summed E-state index contributed by atoms with van der Waals surface area (Å²) in [6, 6.07) is 1.61. The van der Waals surface area contributed by atoms with Crippen molar-refractivity contribution in [2.24, 2.45) is 0 Å². The summed E-state index contributed by atoms with van der Waals surface area (Å²) in [7, 11) is 0. The smallest absolute Gasteiger partial charge is 0.145 e. The topological polar surface area (TPSA) is 12.9 Å². The molecule has 0 N–H and O–H groups in total. The fourth-order valence-corrected chi connectivity index (χ4v) is 1.63. The number of alkyl halides is 1. The minimum atomic E-state index is -0.184. The van der Waals surface area contributed by atoms with E-state index < -0.39 is 0 Å². The van der Waals surface area contributed by atoms with Crippen molar-refractivity contribution in [3.63, 3.8) is 0 Å². The van der Waals surface area contributed by atoms with Crippen molar-refractivity contribution in [1.82, 2.24) is 4.98 Å². The minimum Gasteiger partial charge on any atom is -0.257 e. The van der Waals surface area contributed by atoms with Crippen LogP contribution in [0.25, 0.3) is 0 Å². The van der Waals surface area contributed by atoms with Gasteiger partial charge in [-0.3, -0.25) is 4.98 Å². The molecule has 1 fully saturated rings. The lowest BCUT2D eigenvalue weighted by molar-refractivity contribution is 0.605. The van der Waals surface area contributed by atoms with E-state index in [9.17, 15) is 4.39 Å². The summed E-state index contributed by atoms with van der Waals surface area (Å²) >= 11 is 3.18. The van der Waals surface area contributed by atoms with Gasteiger partial charge in [-0.25, -0.2) is 4.39 Å². The fraction of sp³-hybridized carbons (Fsp3) is 0.444. The Morgan fingerprint density at radius 1 is 1.58 bits per heavy atom. The molecule has 2 rings (SSSR count). The van der Waals surface area contributed by atoms with Crippen LogP contribution in [-0.4, -0.2) is 4.98 Å². The van der Waals surface area contributed by atoms with Gasteiger partial charge in [-0.2, -0.15) is 0 Å². The molecule has 12 heavy (non-hydrogen) atoms. The Morgan fingerprint density at radius 2 is 2.33 bits per heavy atom. The van der Waals surface area contributed by atoms with Gasteiger partial charge in [0.1, 0.15) is 5.82 Å². The first-order chi connectivity index (χ1) is 5.81. The van der Waals surface area contributed by atoms with Crippen LogP contribution in [0.5, 0.6) is 0 Å². The molecule has 1 aliphatic rings. The molecule has 0 aliphatic heterocycles. The predicted molar refractivity (Wildman–Crippen MR) is 48.8 cm³/mol. The Hall–Kier alpha value is -0.440. The number of rotatable bonds is 2. The molecule has 1 heterocycles. The zero-order chi connectivity index (χ0) is 8.55. The largest absolute Gasteiger partial charge is 0.257 e. The predicted octanol–water partition coefficient (Wildman–Crippen LogP) is 2.99. The second-order valence-electron chi connectivity index (χ2n) is 3.11. The Labute approximate surface area is 79.1 Å². The highest BCUT2D eigenvalue weighted by Gasteiger charge is 2.24. The molecule has 0 spiro atoms. The fourth-order valence-electron chi connectivity index (χ4n) is 1.22. The summed E-state index contributed by atoms with van der Waals surface area (Å²) < 4.78 is 13.1. The number of nitrogens with zero attached hydrogens (tertiary/aromatic N) is 1. The van der Waals surface area contributed by atoms with Crippen LogP contribution in [0.15, 0.2) is 12.3 Å². The molecule has 0 unspecified atom stereocenters. The highest BCUT2D eigenvalue weighted by atomic mass is 79.9. The van der Waals surface area contributed by atoms with E-state index in [1.807, 2.05) is 0 Å². The van der Waals surface area contributed by atoms with Crippen molar-refractivity contribution in [3.05, 3.63) is 29.3 Å². The summed E-state index contributed by atoms with van der Waals surface area (Å²) in [5.41, 5.74) is 1.55. The average Bonchev–Trinajstić information content (AvgIpc) is 2.86. The van der Waals surface area contributed by atoms with Crippen molar-refractivity contribution in [3.8, 4) is 0 Å². The van der Waals surface area contributed by atoms with Crippen molar-refractivity contribution < 1.29 is 4.39 Å². The van der Waals surface area contributed by atoms with Crippen LogP contribution in [0.3, 0.4) is 0 Å². The molecule has 0 aromatic carbocycles. The zero-order valence-corrected chi connectivity index (χ0v) is 8.14. The van der Waals surface area contributed by atoms with E-state index in [4.69, 9.17) is 0 Å². The first-order valence-electron chi connectivity index (χ1n) is 4.01. The third kappa shape index (κ3) is 1.51. The van der Waals surface area contributed by atoms with Crippen molar-refractivity contribution in [2.45, 2.75) is 24.1 Å². The molecule has 0 radical (unpaired) electrons. The normalized spacial score (nSPS) is 16.5. The van der Waals surface area contributed by atoms with Crippen LogP contribution in [-0.2, 0) is 5.33 Å². The van der Waals surface area contributed by atoms with E-state index in [0.717, 1.165) is 5.56 Å². The van der Waals surface area contributed by atoms with Crippen molar-refractivity contribution in [2.75, 3.05) is 0 Å². The molecule has 1 nitrogen and oxygen atoms in total. The molecule has 1 saturated carbocycles. The third-order valence-electron chi connectivity index (χ3n) is 2.11. The zero-order valence-electron chi connectivity index (χ0n) is 6.56. The molecular weight excluding hydrogens is 221 g/mol. The van der Waals surface area contributed by atoms with Gasteiger partial charge in [-0.15, -0.1) is 0 Å². The Morgan fingerprint density at radius 3 is 2.83 bits per heavy atom. The van der Waals surface area contributed by atoms with Crippen LogP contribution in [0, 0.1) is 5.82 Å². The van der Waals surface area contributed by atoms with Crippen LogP contribution in [0.4, 0.5) is 4.39 Å². The SMILES string of the molecule is Fc1cc(C2CC2)cnc1CBr. The summed E-state index contributed by atoms with van der Waals surface area (Å²) in [5, 5.41) is 0.490. The second kappa shape index (κ2) is 3.13. The quantitative estimate of drug-likeness (QED) is 0.711. The molecule has 3 heteroatoms.